The van der Waals surface area contributed by atoms with E-state index in [0.717, 1.165) is 11.1 Å². The lowest BCUT2D eigenvalue weighted by atomic mass is 9.86. The fourth-order valence-electron chi connectivity index (χ4n) is 3.11. The van der Waals surface area contributed by atoms with Crippen LogP contribution in [0.2, 0.25) is 0 Å². The van der Waals surface area contributed by atoms with Crippen LogP contribution in [0.25, 0.3) is 10.8 Å². The van der Waals surface area contributed by atoms with Gasteiger partial charge in [0.25, 0.3) is 0 Å². The molecule has 3 aromatic carbocycles. The van der Waals surface area contributed by atoms with Gasteiger partial charge in [0.2, 0.25) is 0 Å². The van der Waals surface area contributed by atoms with Gasteiger partial charge in [0.05, 0.1) is 5.56 Å². The van der Waals surface area contributed by atoms with Crippen LogP contribution < -0.4 is 0 Å². The van der Waals surface area contributed by atoms with E-state index >= 15 is 0 Å². The Bertz CT molecular complexity index is 849. The lowest BCUT2D eigenvalue weighted by Gasteiger charge is -2.18. The number of carbonyl (C=O) groups is 1. The second-order valence-electron chi connectivity index (χ2n) is 5.63. The van der Waals surface area contributed by atoms with Crippen molar-refractivity contribution in [2.75, 3.05) is 0 Å². The van der Waals surface area contributed by atoms with Gasteiger partial charge < -0.3 is 5.11 Å². The Morgan fingerprint density at radius 1 is 0.864 bits per heavy atom. The predicted octanol–water partition coefficient (Wildman–Crippen LogP) is 5.00. The van der Waals surface area contributed by atoms with Crippen molar-refractivity contribution < 1.29 is 9.90 Å². The summed E-state index contributed by atoms with van der Waals surface area (Å²) in [5.74, 6) is -0.850. The van der Waals surface area contributed by atoms with E-state index in [2.05, 4.69) is 44.2 Å². The van der Waals surface area contributed by atoms with Crippen LogP contribution in [0.15, 0.2) is 60.7 Å². The summed E-state index contributed by atoms with van der Waals surface area (Å²) in [7, 11) is 0. The number of hydrogen-bond acceptors (Lipinski definition) is 1. The van der Waals surface area contributed by atoms with E-state index in [9.17, 15) is 9.90 Å². The van der Waals surface area contributed by atoms with Crippen molar-refractivity contribution in [2.24, 2.45) is 0 Å². The molecule has 110 valence electrons. The molecule has 0 aromatic heterocycles. The first-order valence-corrected chi connectivity index (χ1v) is 7.40. The number of carboxylic acids is 1. The van der Waals surface area contributed by atoms with Crippen molar-refractivity contribution in [3.63, 3.8) is 0 Å². The maximum Gasteiger partial charge on any atom is 0.335 e. The van der Waals surface area contributed by atoms with Crippen molar-refractivity contribution in [3.05, 3.63) is 82.9 Å². The van der Waals surface area contributed by atoms with E-state index in [4.69, 9.17) is 0 Å². The lowest BCUT2D eigenvalue weighted by Crippen LogP contribution is -2.06. The van der Waals surface area contributed by atoms with Crippen LogP contribution in [-0.2, 0) is 0 Å². The van der Waals surface area contributed by atoms with Crippen molar-refractivity contribution in [1.82, 2.24) is 0 Å². The molecule has 0 spiro atoms. The second-order valence-corrected chi connectivity index (χ2v) is 5.63. The molecular weight excluding hydrogens is 272 g/mol. The molecule has 0 amide bonds. The van der Waals surface area contributed by atoms with Gasteiger partial charge in [-0.1, -0.05) is 61.5 Å². The molecule has 0 bridgehead atoms. The molecule has 0 fully saturated rings. The molecule has 3 aromatic rings. The third-order valence-electron chi connectivity index (χ3n) is 4.30. The number of fused-ring (bicyclic) bond motifs is 1. The van der Waals surface area contributed by atoms with Gasteiger partial charge in [-0.2, -0.15) is 0 Å². The summed E-state index contributed by atoms with van der Waals surface area (Å²) in [6, 6.07) is 19.8. The largest absolute Gasteiger partial charge is 0.478 e. The fourth-order valence-corrected chi connectivity index (χ4v) is 3.11. The summed E-state index contributed by atoms with van der Waals surface area (Å²) < 4.78 is 0. The third-order valence-corrected chi connectivity index (χ3v) is 4.30. The Morgan fingerprint density at radius 3 is 2.27 bits per heavy atom. The van der Waals surface area contributed by atoms with Gasteiger partial charge in [-0.05, 0) is 40.5 Å². The monoisotopic (exact) mass is 290 g/mol. The minimum Gasteiger partial charge on any atom is -0.478 e. The summed E-state index contributed by atoms with van der Waals surface area (Å²) in [4.78, 5) is 11.5. The van der Waals surface area contributed by atoms with Crippen molar-refractivity contribution in [3.8, 4) is 0 Å². The summed E-state index contributed by atoms with van der Waals surface area (Å²) in [6.07, 6.45) is 0. The van der Waals surface area contributed by atoms with Gasteiger partial charge >= 0.3 is 5.97 Å². The highest BCUT2D eigenvalue weighted by molar-refractivity contribution is 5.92. The van der Waals surface area contributed by atoms with Gasteiger partial charge in [0, 0.05) is 5.92 Å². The highest BCUT2D eigenvalue weighted by Gasteiger charge is 2.18. The number of aryl methyl sites for hydroxylation is 1. The molecule has 3 rings (SSSR count). The van der Waals surface area contributed by atoms with Gasteiger partial charge in [0.15, 0.2) is 0 Å². The van der Waals surface area contributed by atoms with E-state index in [1.54, 1.807) is 12.1 Å². The number of rotatable bonds is 3. The molecule has 0 unspecified atom stereocenters. The molecule has 0 saturated carbocycles. The fraction of sp³-hybridized carbons (Fsp3) is 0.150. The van der Waals surface area contributed by atoms with Gasteiger partial charge in [-0.15, -0.1) is 0 Å². The Balaban J connectivity index is 2.20. The zero-order valence-corrected chi connectivity index (χ0v) is 12.7. The highest BCUT2D eigenvalue weighted by atomic mass is 16.4. The smallest absolute Gasteiger partial charge is 0.335 e. The molecule has 0 saturated heterocycles. The van der Waals surface area contributed by atoms with Gasteiger partial charge in [0.1, 0.15) is 0 Å². The van der Waals surface area contributed by atoms with E-state index in [1.165, 1.54) is 16.3 Å². The first-order valence-electron chi connectivity index (χ1n) is 7.40. The summed E-state index contributed by atoms with van der Waals surface area (Å²) in [5, 5.41) is 11.8. The van der Waals surface area contributed by atoms with E-state index < -0.39 is 5.97 Å². The van der Waals surface area contributed by atoms with Crippen molar-refractivity contribution in [1.29, 1.82) is 0 Å². The first-order chi connectivity index (χ1) is 10.6. The van der Waals surface area contributed by atoms with Crippen LogP contribution in [0.1, 0.15) is 39.9 Å². The number of aromatic carboxylic acids is 1. The Morgan fingerprint density at radius 2 is 1.50 bits per heavy atom. The first kappa shape index (κ1) is 14.3. The molecule has 0 aliphatic rings. The zero-order chi connectivity index (χ0) is 15.7. The maximum atomic E-state index is 11.5. The quantitative estimate of drug-likeness (QED) is 0.737. The van der Waals surface area contributed by atoms with Crippen LogP contribution >= 0.6 is 0 Å². The van der Waals surface area contributed by atoms with Crippen LogP contribution in [-0.4, -0.2) is 11.1 Å². The molecule has 2 nitrogen and oxygen atoms in total. The molecule has 0 radical (unpaired) electrons. The van der Waals surface area contributed by atoms with Gasteiger partial charge in [-0.25, -0.2) is 4.79 Å². The number of carboxylic acid groups (broad SMARTS) is 1. The topological polar surface area (TPSA) is 37.3 Å². The summed E-state index contributed by atoms with van der Waals surface area (Å²) >= 11 is 0. The normalized spacial score (nSPS) is 12.3. The molecule has 2 heteroatoms. The van der Waals surface area contributed by atoms with E-state index in [0.29, 0.717) is 5.56 Å². The minimum atomic E-state index is -0.876. The Hall–Kier alpha value is -2.61. The van der Waals surface area contributed by atoms with Crippen LogP contribution in [0.3, 0.4) is 0 Å². The van der Waals surface area contributed by atoms with E-state index in [1.807, 2.05) is 18.2 Å². The highest BCUT2D eigenvalue weighted by Crippen LogP contribution is 2.33. The molecule has 22 heavy (non-hydrogen) atoms. The van der Waals surface area contributed by atoms with Crippen LogP contribution in [0.5, 0.6) is 0 Å². The number of benzene rings is 3. The minimum absolute atomic E-state index is 0.0257. The lowest BCUT2D eigenvalue weighted by molar-refractivity contribution is 0.0695. The Kier molecular flexibility index (Phi) is 3.68. The summed E-state index contributed by atoms with van der Waals surface area (Å²) in [6.45, 7) is 4.17. The summed E-state index contributed by atoms with van der Waals surface area (Å²) in [5.41, 5.74) is 3.62. The van der Waals surface area contributed by atoms with E-state index in [-0.39, 0.29) is 5.92 Å². The molecule has 0 heterocycles. The average Bonchev–Trinajstić information content (AvgIpc) is 2.54. The predicted molar refractivity (Wildman–Crippen MR) is 89.6 cm³/mol. The SMILES string of the molecule is Cc1cccc2c([C@H](C)c3ccccc3C(=O)O)cccc12. The standard InChI is InChI=1S/C20H18O2/c1-13-7-5-12-18-15(13)10-6-11-16(18)14(2)17-8-3-4-9-19(17)20(21)22/h3-12,14H,1-2H3,(H,21,22)/t14-/m0/s1. The Labute approximate surface area is 130 Å². The maximum absolute atomic E-state index is 11.5. The molecule has 1 N–H and O–H groups in total. The number of hydrogen-bond donors (Lipinski definition) is 1. The zero-order valence-electron chi connectivity index (χ0n) is 12.7. The average molecular weight is 290 g/mol. The molecule has 0 aliphatic carbocycles. The van der Waals surface area contributed by atoms with Crippen molar-refractivity contribution >= 4 is 16.7 Å². The molecule has 1 atom stereocenters. The third kappa shape index (κ3) is 2.37. The van der Waals surface area contributed by atoms with Crippen molar-refractivity contribution in [2.45, 2.75) is 19.8 Å². The molecular formula is C20H18O2. The second kappa shape index (κ2) is 5.64. The van der Waals surface area contributed by atoms with Crippen LogP contribution in [0, 0.1) is 6.92 Å². The van der Waals surface area contributed by atoms with Gasteiger partial charge in [-0.3, -0.25) is 0 Å². The molecule has 0 aliphatic heterocycles. The van der Waals surface area contributed by atoms with Crippen LogP contribution in [0.4, 0.5) is 0 Å².